The molecule has 0 heterocycles. The molecule has 0 saturated carbocycles. The van der Waals surface area contributed by atoms with Crippen LogP contribution in [-0.4, -0.2) is 5.54 Å². The third-order valence-corrected chi connectivity index (χ3v) is 4.07. The highest BCUT2D eigenvalue weighted by Crippen LogP contribution is 2.25. The molecule has 0 spiro atoms. The van der Waals surface area contributed by atoms with E-state index in [1.54, 1.807) is 11.1 Å². The summed E-state index contributed by atoms with van der Waals surface area (Å²) in [4.78, 5) is 0. The highest BCUT2D eigenvalue weighted by atomic mass is 14.7. The van der Waals surface area contributed by atoms with E-state index in [9.17, 15) is 0 Å². The molecular weight excluding hydrogens is 194 g/mol. The minimum Gasteiger partial charge on any atom is -0.325 e. The van der Waals surface area contributed by atoms with E-state index >= 15 is 0 Å². The molecule has 1 heteroatoms. The Morgan fingerprint density at radius 1 is 1.25 bits per heavy atom. The van der Waals surface area contributed by atoms with Crippen molar-refractivity contribution in [2.45, 2.75) is 52.0 Å². The molecule has 1 aliphatic rings. The van der Waals surface area contributed by atoms with Crippen molar-refractivity contribution >= 4 is 0 Å². The minimum absolute atomic E-state index is 0.0904. The Morgan fingerprint density at radius 2 is 1.94 bits per heavy atom. The van der Waals surface area contributed by atoms with Crippen molar-refractivity contribution in [3.05, 3.63) is 34.9 Å². The summed E-state index contributed by atoms with van der Waals surface area (Å²) in [5.74, 6) is 0.515. The number of fused-ring (bicyclic) bond motifs is 1. The molecule has 2 rings (SSSR count). The number of nitrogens with two attached hydrogens (primary N) is 1. The second-order valence-electron chi connectivity index (χ2n) is 5.79. The molecule has 1 aromatic rings. The first-order valence-corrected chi connectivity index (χ1v) is 6.38. The molecular formula is C15H23N. The zero-order valence-corrected chi connectivity index (χ0v) is 10.7. The van der Waals surface area contributed by atoms with Crippen LogP contribution in [0, 0.1) is 5.92 Å². The summed E-state index contributed by atoms with van der Waals surface area (Å²) in [6, 6.07) is 6.93. The lowest BCUT2D eigenvalue weighted by atomic mass is 9.83. The Labute approximate surface area is 99.0 Å². The largest absolute Gasteiger partial charge is 0.325 e. The lowest BCUT2D eigenvalue weighted by molar-refractivity contribution is 0.338. The first-order chi connectivity index (χ1) is 7.49. The number of hydrogen-bond donors (Lipinski definition) is 1. The Hall–Kier alpha value is -0.820. The quantitative estimate of drug-likeness (QED) is 0.827. The van der Waals surface area contributed by atoms with Crippen LogP contribution < -0.4 is 5.73 Å². The second-order valence-corrected chi connectivity index (χ2v) is 5.79. The van der Waals surface area contributed by atoms with Gasteiger partial charge in [-0.3, -0.25) is 0 Å². The van der Waals surface area contributed by atoms with Crippen molar-refractivity contribution in [2.24, 2.45) is 11.7 Å². The monoisotopic (exact) mass is 217 g/mol. The third-order valence-electron chi connectivity index (χ3n) is 4.07. The maximum Gasteiger partial charge on any atom is 0.0189 e. The van der Waals surface area contributed by atoms with Gasteiger partial charge in [-0.05, 0) is 55.2 Å². The van der Waals surface area contributed by atoms with Gasteiger partial charge >= 0.3 is 0 Å². The van der Waals surface area contributed by atoms with Gasteiger partial charge in [-0.1, -0.05) is 32.0 Å². The summed E-state index contributed by atoms with van der Waals surface area (Å²) in [6.45, 7) is 6.56. The predicted molar refractivity (Wildman–Crippen MR) is 69.6 cm³/mol. The summed E-state index contributed by atoms with van der Waals surface area (Å²) >= 11 is 0. The Bertz CT molecular complexity index is 377. The molecule has 0 aliphatic heterocycles. The Morgan fingerprint density at radius 3 is 2.62 bits per heavy atom. The van der Waals surface area contributed by atoms with Crippen LogP contribution in [0.5, 0.6) is 0 Å². The van der Waals surface area contributed by atoms with Crippen LogP contribution in [-0.2, 0) is 19.3 Å². The van der Waals surface area contributed by atoms with Gasteiger partial charge in [0.1, 0.15) is 0 Å². The van der Waals surface area contributed by atoms with Gasteiger partial charge in [0.2, 0.25) is 0 Å². The van der Waals surface area contributed by atoms with Crippen molar-refractivity contribution in [1.29, 1.82) is 0 Å². The molecule has 16 heavy (non-hydrogen) atoms. The van der Waals surface area contributed by atoms with Crippen molar-refractivity contribution < 1.29 is 0 Å². The van der Waals surface area contributed by atoms with Gasteiger partial charge in [-0.2, -0.15) is 0 Å². The van der Waals surface area contributed by atoms with E-state index in [-0.39, 0.29) is 5.54 Å². The first-order valence-electron chi connectivity index (χ1n) is 6.38. The van der Waals surface area contributed by atoms with E-state index < -0.39 is 0 Å². The highest BCUT2D eigenvalue weighted by Gasteiger charge is 2.23. The Balaban J connectivity index is 2.17. The fraction of sp³-hybridized carbons (Fsp3) is 0.600. The van der Waals surface area contributed by atoms with Gasteiger partial charge in [0, 0.05) is 5.54 Å². The molecule has 0 aromatic heterocycles. The summed E-state index contributed by atoms with van der Waals surface area (Å²) in [5, 5.41) is 0. The average Bonchev–Trinajstić information content (AvgIpc) is 2.63. The Kier molecular flexibility index (Phi) is 3.07. The molecule has 1 nitrogen and oxygen atoms in total. The fourth-order valence-electron chi connectivity index (χ4n) is 2.38. The van der Waals surface area contributed by atoms with Crippen molar-refractivity contribution in [3.63, 3.8) is 0 Å². The molecule has 1 atom stereocenters. The fourth-order valence-corrected chi connectivity index (χ4v) is 2.38. The smallest absolute Gasteiger partial charge is 0.0189 e. The van der Waals surface area contributed by atoms with Crippen LogP contribution in [0.2, 0.25) is 0 Å². The molecule has 1 unspecified atom stereocenters. The molecule has 0 radical (unpaired) electrons. The molecule has 0 fully saturated rings. The highest BCUT2D eigenvalue weighted by molar-refractivity contribution is 5.35. The molecule has 0 saturated heterocycles. The van der Waals surface area contributed by atoms with Gasteiger partial charge < -0.3 is 5.73 Å². The van der Waals surface area contributed by atoms with Crippen LogP contribution >= 0.6 is 0 Å². The molecule has 1 aliphatic carbocycles. The van der Waals surface area contributed by atoms with Crippen molar-refractivity contribution in [1.82, 2.24) is 0 Å². The standard InChI is InChI=1S/C15H23N/c1-11(2)15(3,16)10-12-7-8-13-5-4-6-14(13)9-12/h7-9,11H,4-6,10,16H2,1-3H3. The van der Waals surface area contributed by atoms with Crippen LogP contribution in [0.25, 0.3) is 0 Å². The number of aryl methyl sites for hydroxylation is 2. The van der Waals surface area contributed by atoms with Gasteiger partial charge in [0.15, 0.2) is 0 Å². The zero-order chi connectivity index (χ0) is 11.8. The molecule has 0 bridgehead atoms. The third kappa shape index (κ3) is 2.30. The number of rotatable bonds is 3. The lowest BCUT2D eigenvalue weighted by Gasteiger charge is -2.29. The maximum absolute atomic E-state index is 6.34. The van der Waals surface area contributed by atoms with Crippen LogP contribution in [0.3, 0.4) is 0 Å². The summed E-state index contributed by atoms with van der Waals surface area (Å²) in [6.07, 6.45) is 4.83. The van der Waals surface area contributed by atoms with Gasteiger partial charge in [-0.25, -0.2) is 0 Å². The molecule has 2 N–H and O–H groups in total. The minimum atomic E-state index is -0.0904. The van der Waals surface area contributed by atoms with Crippen LogP contribution in [0.4, 0.5) is 0 Å². The number of hydrogen-bond acceptors (Lipinski definition) is 1. The zero-order valence-electron chi connectivity index (χ0n) is 10.7. The van der Waals surface area contributed by atoms with E-state index in [4.69, 9.17) is 5.73 Å². The summed E-state index contributed by atoms with van der Waals surface area (Å²) < 4.78 is 0. The summed E-state index contributed by atoms with van der Waals surface area (Å²) in [7, 11) is 0. The van der Waals surface area contributed by atoms with Crippen LogP contribution in [0.15, 0.2) is 18.2 Å². The van der Waals surface area contributed by atoms with Crippen molar-refractivity contribution in [3.8, 4) is 0 Å². The lowest BCUT2D eigenvalue weighted by Crippen LogP contribution is -2.43. The van der Waals surface area contributed by atoms with E-state index in [0.717, 1.165) is 6.42 Å². The molecule has 88 valence electrons. The van der Waals surface area contributed by atoms with E-state index in [2.05, 4.69) is 39.0 Å². The van der Waals surface area contributed by atoms with E-state index in [0.29, 0.717) is 5.92 Å². The van der Waals surface area contributed by atoms with Gasteiger partial charge in [0.25, 0.3) is 0 Å². The maximum atomic E-state index is 6.34. The normalized spacial score (nSPS) is 18.6. The van der Waals surface area contributed by atoms with E-state index in [1.165, 1.54) is 24.8 Å². The van der Waals surface area contributed by atoms with Crippen LogP contribution in [0.1, 0.15) is 43.9 Å². The van der Waals surface area contributed by atoms with E-state index in [1.807, 2.05) is 0 Å². The number of benzene rings is 1. The van der Waals surface area contributed by atoms with Gasteiger partial charge in [-0.15, -0.1) is 0 Å². The average molecular weight is 217 g/mol. The second kappa shape index (κ2) is 4.21. The summed E-state index contributed by atoms with van der Waals surface area (Å²) in [5.41, 5.74) is 10.7. The van der Waals surface area contributed by atoms with Crippen molar-refractivity contribution in [2.75, 3.05) is 0 Å². The molecule has 0 amide bonds. The van der Waals surface area contributed by atoms with Gasteiger partial charge in [0.05, 0.1) is 0 Å². The predicted octanol–water partition coefficient (Wildman–Crippen LogP) is 3.09. The topological polar surface area (TPSA) is 26.0 Å². The SMILES string of the molecule is CC(C)C(C)(N)Cc1ccc2c(c1)CCC2. The molecule has 1 aromatic carbocycles. The first kappa shape index (κ1) is 11.7.